The third kappa shape index (κ3) is 16.3. The lowest BCUT2D eigenvalue weighted by atomic mass is 10.3. The van der Waals surface area contributed by atoms with E-state index in [0.717, 1.165) is 19.3 Å². The average Bonchev–Trinajstić information content (AvgIpc) is 2.50. The van der Waals surface area contributed by atoms with Gasteiger partial charge in [0.05, 0.1) is 13.2 Å². The van der Waals surface area contributed by atoms with Crippen molar-refractivity contribution in [1.29, 1.82) is 0 Å². The maximum Gasteiger partial charge on any atom is 0.335 e. The molecule has 2 N–H and O–H groups in total. The summed E-state index contributed by atoms with van der Waals surface area (Å²) < 4.78 is 9.64. The number of hydrogen-bond acceptors (Lipinski definition) is 5. The number of carbonyl (C=O) groups excluding carboxylic acids is 1. The molecule has 114 valence electrons. The third-order valence-corrected chi connectivity index (χ3v) is 1.64. The number of carbonyl (C=O) groups is 1. The monoisotopic (exact) mass is 284 g/mol. The molecule has 20 heavy (non-hydrogen) atoms. The highest BCUT2D eigenvalue weighted by Crippen LogP contribution is 2.07. The predicted octanol–water partition coefficient (Wildman–Crippen LogP) is 1.79. The van der Waals surface area contributed by atoms with Crippen LogP contribution in [0.3, 0.4) is 0 Å². The van der Waals surface area contributed by atoms with Crippen molar-refractivity contribution in [2.75, 3.05) is 26.4 Å². The van der Waals surface area contributed by atoms with Crippen molar-refractivity contribution in [2.45, 2.75) is 13.8 Å². The topological polar surface area (TPSA) is 76.0 Å². The fraction of sp³-hybridized carbons (Fsp3) is 0.400. The summed E-state index contributed by atoms with van der Waals surface area (Å²) in [5.74, 6) is 0.105. The fourth-order valence-electron chi connectivity index (χ4n) is 0.850. The Balaban J connectivity index is 0. The van der Waals surface area contributed by atoms with Crippen LogP contribution in [0.25, 0.3) is 0 Å². The highest BCUT2D eigenvalue weighted by Gasteiger charge is 1.95. The van der Waals surface area contributed by atoms with Crippen molar-refractivity contribution in [3.63, 3.8) is 0 Å². The summed E-state index contributed by atoms with van der Waals surface area (Å²) in [5, 5.41) is 15.2. The Bertz CT molecular complexity index is 320. The smallest absolute Gasteiger partial charge is 0.335 e. The second-order valence-electron chi connectivity index (χ2n) is 3.17. The van der Waals surface area contributed by atoms with Gasteiger partial charge in [0.2, 0.25) is 0 Å². The first-order chi connectivity index (χ1) is 9.65. The molecule has 1 rings (SSSR count). The average molecular weight is 284 g/mol. The first kappa shape index (κ1) is 20.6. The van der Waals surface area contributed by atoms with Gasteiger partial charge in [-0.1, -0.05) is 24.8 Å². The molecule has 0 aliphatic heterocycles. The molecule has 0 unspecified atom stereocenters. The van der Waals surface area contributed by atoms with E-state index < -0.39 is 5.97 Å². The Morgan fingerprint density at radius 3 is 1.95 bits per heavy atom. The number of aliphatic hydroxyl groups is 2. The molecule has 1 aromatic rings. The van der Waals surface area contributed by atoms with Gasteiger partial charge in [0.1, 0.15) is 5.75 Å². The summed E-state index contributed by atoms with van der Waals surface area (Å²) in [5.41, 5.74) is 0. The van der Waals surface area contributed by atoms with E-state index in [1.807, 2.05) is 19.9 Å². The van der Waals surface area contributed by atoms with Gasteiger partial charge in [0, 0.05) is 19.3 Å². The summed E-state index contributed by atoms with van der Waals surface area (Å²) in [6.45, 7) is 8.70. The molecule has 0 bridgehead atoms. The van der Waals surface area contributed by atoms with Gasteiger partial charge in [-0.2, -0.15) is 0 Å². The van der Waals surface area contributed by atoms with Crippen molar-refractivity contribution in [2.24, 2.45) is 0 Å². The van der Waals surface area contributed by atoms with E-state index in [1.165, 1.54) is 0 Å². The second-order valence-corrected chi connectivity index (χ2v) is 3.17. The molecule has 0 radical (unpaired) electrons. The molecule has 0 spiro atoms. The number of rotatable bonds is 5. The number of ether oxygens (including phenoxy) is 2. The normalized spacial score (nSPS) is 8.40. The van der Waals surface area contributed by atoms with Crippen molar-refractivity contribution in [3.8, 4) is 5.75 Å². The lowest BCUT2D eigenvalue weighted by molar-refractivity contribution is -0.128. The van der Waals surface area contributed by atoms with E-state index in [2.05, 4.69) is 6.58 Å². The maximum absolute atomic E-state index is 10.6. The quantitative estimate of drug-likeness (QED) is 0.490. The zero-order valence-corrected chi connectivity index (χ0v) is 12.1. The molecular weight excluding hydrogens is 260 g/mol. The Morgan fingerprint density at radius 2 is 1.65 bits per heavy atom. The Labute approximate surface area is 120 Å². The predicted molar refractivity (Wildman–Crippen MR) is 78.6 cm³/mol. The maximum atomic E-state index is 10.6. The summed E-state index contributed by atoms with van der Waals surface area (Å²) in [4.78, 5) is 10.6. The van der Waals surface area contributed by atoms with Gasteiger partial charge in [-0.05, 0) is 26.0 Å². The van der Waals surface area contributed by atoms with Gasteiger partial charge in [-0.25, -0.2) is 4.79 Å². The minimum atomic E-state index is -0.434. The first-order valence-electron chi connectivity index (χ1n) is 6.34. The van der Waals surface area contributed by atoms with Gasteiger partial charge in [0.15, 0.2) is 0 Å². The van der Waals surface area contributed by atoms with Crippen LogP contribution in [-0.2, 0) is 9.53 Å². The Hall–Kier alpha value is -1.69. The standard InChI is InChI=1S/C9H8O2.C4H10O.C2H6O2/c1-2-9(10)11-8-6-4-3-5-7-8;1-3-5-4-2;3-1-2-4/h2-7H,1H2;3-4H2,1-2H3;3-4H,1-2H2. The number of aliphatic hydroxyl groups excluding tert-OH is 2. The van der Waals surface area contributed by atoms with Crippen LogP contribution in [-0.4, -0.2) is 42.6 Å². The van der Waals surface area contributed by atoms with Gasteiger partial charge >= 0.3 is 5.97 Å². The lowest BCUT2D eigenvalue weighted by Crippen LogP contribution is -2.02. The van der Waals surface area contributed by atoms with Crippen LogP contribution in [0.2, 0.25) is 0 Å². The Kier molecular flexibility index (Phi) is 17.9. The SMILES string of the molecule is C=CC(=O)Oc1ccccc1.CCOCC.OCCO. The fourth-order valence-corrected chi connectivity index (χ4v) is 0.850. The summed E-state index contributed by atoms with van der Waals surface area (Å²) in [6.07, 6.45) is 1.13. The van der Waals surface area contributed by atoms with Gasteiger partial charge in [-0.3, -0.25) is 0 Å². The highest BCUT2D eigenvalue weighted by molar-refractivity contribution is 5.83. The molecule has 5 nitrogen and oxygen atoms in total. The summed E-state index contributed by atoms with van der Waals surface area (Å²) in [7, 11) is 0. The van der Waals surface area contributed by atoms with Gasteiger partial charge in [0.25, 0.3) is 0 Å². The summed E-state index contributed by atoms with van der Waals surface area (Å²) >= 11 is 0. The third-order valence-electron chi connectivity index (χ3n) is 1.64. The number of esters is 1. The molecule has 0 saturated carbocycles. The van der Waals surface area contributed by atoms with Crippen LogP contribution in [0.4, 0.5) is 0 Å². The highest BCUT2D eigenvalue weighted by atomic mass is 16.5. The molecule has 0 saturated heterocycles. The van der Waals surface area contributed by atoms with Crippen LogP contribution >= 0.6 is 0 Å². The van der Waals surface area contributed by atoms with E-state index in [1.54, 1.807) is 24.3 Å². The first-order valence-corrected chi connectivity index (χ1v) is 6.34. The zero-order valence-electron chi connectivity index (χ0n) is 12.1. The molecule has 0 heterocycles. The van der Waals surface area contributed by atoms with E-state index in [9.17, 15) is 4.79 Å². The molecule has 0 aliphatic rings. The molecular formula is C15H24O5. The minimum absolute atomic E-state index is 0.125. The Morgan fingerprint density at radius 1 is 1.15 bits per heavy atom. The largest absolute Gasteiger partial charge is 0.423 e. The van der Waals surface area contributed by atoms with E-state index >= 15 is 0 Å². The van der Waals surface area contributed by atoms with Crippen LogP contribution in [0.15, 0.2) is 43.0 Å². The summed E-state index contributed by atoms with van der Waals surface area (Å²) in [6, 6.07) is 8.87. The molecule has 0 fully saturated rings. The molecule has 0 amide bonds. The van der Waals surface area contributed by atoms with Crippen LogP contribution in [0, 0.1) is 0 Å². The van der Waals surface area contributed by atoms with E-state index in [0.29, 0.717) is 5.75 Å². The van der Waals surface area contributed by atoms with Crippen LogP contribution in [0.1, 0.15) is 13.8 Å². The molecule has 0 aliphatic carbocycles. The number of para-hydroxylation sites is 1. The van der Waals surface area contributed by atoms with Crippen molar-refractivity contribution in [3.05, 3.63) is 43.0 Å². The second kappa shape index (κ2) is 17.3. The van der Waals surface area contributed by atoms with E-state index in [4.69, 9.17) is 19.7 Å². The van der Waals surface area contributed by atoms with Crippen LogP contribution in [0.5, 0.6) is 5.75 Å². The molecule has 1 aromatic carbocycles. The number of benzene rings is 1. The van der Waals surface area contributed by atoms with Crippen molar-refractivity contribution < 1.29 is 24.5 Å². The van der Waals surface area contributed by atoms with Gasteiger partial charge < -0.3 is 19.7 Å². The van der Waals surface area contributed by atoms with E-state index in [-0.39, 0.29) is 13.2 Å². The zero-order chi connectivity index (χ0) is 15.6. The molecule has 0 atom stereocenters. The minimum Gasteiger partial charge on any atom is -0.423 e. The van der Waals surface area contributed by atoms with Crippen molar-refractivity contribution in [1.82, 2.24) is 0 Å². The molecule has 0 aromatic heterocycles. The van der Waals surface area contributed by atoms with Crippen molar-refractivity contribution >= 4 is 5.97 Å². The lowest BCUT2D eigenvalue weighted by Gasteiger charge is -1.98. The number of hydrogen-bond donors (Lipinski definition) is 2. The van der Waals surface area contributed by atoms with Crippen LogP contribution < -0.4 is 4.74 Å². The molecule has 5 heteroatoms. The van der Waals surface area contributed by atoms with Gasteiger partial charge in [-0.15, -0.1) is 0 Å².